The summed E-state index contributed by atoms with van der Waals surface area (Å²) in [5, 5.41) is 16.0. The third-order valence-electron chi connectivity index (χ3n) is 4.56. The van der Waals surface area contributed by atoms with Gasteiger partial charge in [0.25, 0.3) is 4.84 Å². The quantitative estimate of drug-likeness (QED) is 0.610. The third-order valence-corrected chi connectivity index (χ3v) is 5.70. The number of likely N-dealkylation sites (tertiary alicyclic amines) is 1. The first-order valence-electron chi connectivity index (χ1n) is 8.72. The average Bonchev–Trinajstić information content (AvgIpc) is 3.32. The lowest BCUT2D eigenvalue weighted by Gasteiger charge is -2.30. The maximum absolute atomic E-state index is 12.3. The molecule has 0 atom stereocenters. The maximum Gasteiger partial charge on any atom is 0.288 e. The molecule has 11 heteroatoms. The van der Waals surface area contributed by atoms with Gasteiger partial charge in [0.2, 0.25) is 16.9 Å². The van der Waals surface area contributed by atoms with Crippen molar-refractivity contribution in [2.45, 2.75) is 19.5 Å². The molecule has 146 valence electrons. The van der Waals surface area contributed by atoms with Crippen LogP contribution in [0.25, 0.3) is 11.5 Å². The number of halogens is 1. The van der Waals surface area contributed by atoms with Gasteiger partial charge in [0.05, 0.1) is 6.67 Å². The number of aromatic nitrogens is 4. The van der Waals surface area contributed by atoms with Gasteiger partial charge in [-0.25, -0.2) is 4.68 Å². The van der Waals surface area contributed by atoms with Crippen molar-refractivity contribution in [1.29, 1.82) is 0 Å². The molecule has 3 aromatic rings. The second-order valence-corrected chi connectivity index (χ2v) is 8.07. The zero-order valence-corrected chi connectivity index (χ0v) is 17.1. The molecular formula is C17H17ClN6O2S2. The van der Waals surface area contributed by atoms with Crippen molar-refractivity contribution in [1.82, 2.24) is 24.9 Å². The molecule has 1 aromatic carbocycles. The molecule has 1 saturated heterocycles. The molecule has 0 bridgehead atoms. The van der Waals surface area contributed by atoms with Gasteiger partial charge in [0.15, 0.2) is 0 Å². The molecule has 1 N–H and O–H groups in total. The Morgan fingerprint density at radius 2 is 2.21 bits per heavy atom. The highest BCUT2D eigenvalue weighted by molar-refractivity contribution is 7.71. The zero-order chi connectivity index (χ0) is 19.5. The van der Waals surface area contributed by atoms with E-state index in [1.54, 1.807) is 22.3 Å². The average molecular weight is 437 g/mol. The summed E-state index contributed by atoms with van der Waals surface area (Å²) in [6, 6.07) is 7.29. The van der Waals surface area contributed by atoms with Crippen molar-refractivity contribution >= 4 is 46.2 Å². The number of nitrogens with zero attached hydrogens (tertiary/aromatic N) is 5. The van der Waals surface area contributed by atoms with E-state index in [-0.39, 0.29) is 11.8 Å². The van der Waals surface area contributed by atoms with Crippen molar-refractivity contribution in [2.75, 3.05) is 18.4 Å². The third kappa shape index (κ3) is 4.46. The largest absolute Gasteiger partial charge is 0.409 e. The van der Waals surface area contributed by atoms with Gasteiger partial charge in [0, 0.05) is 29.6 Å². The minimum absolute atomic E-state index is 0.00214. The van der Waals surface area contributed by atoms with Gasteiger partial charge in [-0.15, -0.1) is 15.3 Å². The van der Waals surface area contributed by atoms with Gasteiger partial charge in [-0.3, -0.25) is 9.69 Å². The molecule has 1 fully saturated rings. The van der Waals surface area contributed by atoms with E-state index in [0.717, 1.165) is 31.5 Å². The first kappa shape index (κ1) is 19.2. The number of anilines is 1. The summed E-state index contributed by atoms with van der Waals surface area (Å²) in [6.45, 7) is 2.07. The number of hydrogen-bond acceptors (Lipinski definition) is 8. The topological polar surface area (TPSA) is 89.1 Å². The smallest absolute Gasteiger partial charge is 0.288 e. The summed E-state index contributed by atoms with van der Waals surface area (Å²) in [7, 11) is 0. The van der Waals surface area contributed by atoms with Gasteiger partial charge >= 0.3 is 0 Å². The van der Waals surface area contributed by atoms with Crippen LogP contribution in [0.3, 0.4) is 0 Å². The van der Waals surface area contributed by atoms with E-state index in [0.29, 0.717) is 27.6 Å². The van der Waals surface area contributed by atoms with Crippen LogP contribution >= 0.6 is 35.2 Å². The van der Waals surface area contributed by atoms with E-state index in [4.69, 9.17) is 28.2 Å². The van der Waals surface area contributed by atoms with Crippen molar-refractivity contribution in [2.24, 2.45) is 5.92 Å². The normalized spacial score (nSPS) is 15.6. The van der Waals surface area contributed by atoms with Crippen LogP contribution < -0.4 is 5.32 Å². The van der Waals surface area contributed by atoms with Gasteiger partial charge in [-0.1, -0.05) is 29.0 Å². The van der Waals surface area contributed by atoms with Crippen LogP contribution in [0.2, 0.25) is 5.02 Å². The van der Waals surface area contributed by atoms with Crippen LogP contribution in [0, 0.1) is 10.8 Å². The fourth-order valence-corrected chi connectivity index (χ4v) is 3.91. The molecule has 1 aliphatic rings. The number of hydrogen-bond donors (Lipinski definition) is 1. The molecule has 2 aromatic heterocycles. The molecule has 1 aliphatic heterocycles. The predicted molar refractivity (Wildman–Crippen MR) is 109 cm³/mol. The Kier molecular flexibility index (Phi) is 5.81. The van der Waals surface area contributed by atoms with Crippen LogP contribution in [0.1, 0.15) is 12.8 Å². The molecule has 3 heterocycles. The SMILES string of the molecule is O=C(Nc1nncs1)C1CCN(Cn2nc(-c3cccc(Cl)c3)oc2=S)CC1. The van der Waals surface area contributed by atoms with Crippen LogP contribution in [-0.2, 0) is 11.5 Å². The number of nitrogens with one attached hydrogen (secondary N) is 1. The van der Waals surface area contributed by atoms with Crippen LogP contribution in [0.4, 0.5) is 5.13 Å². The molecule has 0 radical (unpaired) electrons. The van der Waals surface area contributed by atoms with Gasteiger partial charge in [0.1, 0.15) is 5.51 Å². The van der Waals surface area contributed by atoms with E-state index in [1.807, 2.05) is 12.1 Å². The number of piperidine rings is 1. The molecular weight excluding hydrogens is 420 g/mol. The Bertz CT molecular complexity index is 1010. The van der Waals surface area contributed by atoms with E-state index in [1.165, 1.54) is 11.3 Å². The number of rotatable bonds is 5. The lowest BCUT2D eigenvalue weighted by molar-refractivity contribution is -0.121. The Labute approximate surface area is 175 Å². The Morgan fingerprint density at radius 1 is 1.39 bits per heavy atom. The summed E-state index contributed by atoms with van der Waals surface area (Å²) in [5.74, 6) is 0.406. The molecule has 0 aliphatic carbocycles. The highest BCUT2D eigenvalue weighted by Crippen LogP contribution is 2.23. The second-order valence-electron chi connectivity index (χ2n) is 6.45. The fourth-order valence-electron chi connectivity index (χ4n) is 3.09. The van der Waals surface area contributed by atoms with E-state index >= 15 is 0 Å². The lowest BCUT2D eigenvalue weighted by Crippen LogP contribution is -2.39. The molecule has 0 spiro atoms. The first-order valence-corrected chi connectivity index (χ1v) is 10.4. The minimum Gasteiger partial charge on any atom is -0.409 e. The van der Waals surface area contributed by atoms with Crippen molar-refractivity contribution in [3.63, 3.8) is 0 Å². The summed E-state index contributed by atoms with van der Waals surface area (Å²) in [6.07, 6.45) is 1.52. The monoisotopic (exact) mass is 436 g/mol. The van der Waals surface area contributed by atoms with Crippen LogP contribution in [-0.4, -0.2) is 43.9 Å². The lowest BCUT2D eigenvalue weighted by atomic mass is 9.96. The minimum atomic E-state index is -0.0348. The molecule has 8 nitrogen and oxygen atoms in total. The van der Waals surface area contributed by atoms with Gasteiger partial charge < -0.3 is 9.73 Å². The number of amides is 1. The van der Waals surface area contributed by atoms with Crippen LogP contribution in [0.5, 0.6) is 0 Å². The summed E-state index contributed by atoms with van der Waals surface area (Å²) < 4.78 is 7.28. The van der Waals surface area contributed by atoms with E-state index in [9.17, 15) is 4.79 Å². The highest BCUT2D eigenvalue weighted by atomic mass is 35.5. The fraction of sp³-hybridized carbons (Fsp3) is 0.353. The molecule has 0 unspecified atom stereocenters. The first-order chi connectivity index (χ1) is 13.6. The number of benzene rings is 1. The second kappa shape index (κ2) is 8.48. The Morgan fingerprint density at radius 3 is 2.93 bits per heavy atom. The van der Waals surface area contributed by atoms with E-state index in [2.05, 4.69) is 25.5 Å². The van der Waals surface area contributed by atoms with Gasteiger partial charge in [-0.05, 0) is 43.3 Å². The summed E-state index contributed by atoms with van der Waals surface area (Å²) in [4.78, 5) is 14.8. The van der Waals surface area contributed by atoms with Crippen LogP contribution in [0.15, 0.2) is 34.2 Å². The molecule has 28 heavy (non-hydrogen) atoms. The molecule has 0 saturated carbocycles. The summed E-state index contributed by atoms with van der Waals surface area (Å²) in [5.41, 5.74) is 2.38. The predicted octanol–water partition coefficient (Wildman–Crippen LogP) is 3.69. The summed E-state index contributed by atoms with van der Waals surface area (Å²) >= 11 is 12.6. The number of carbonyl (C=O) groups is 1. The molecule has 4 rings (SSSR count). The zero-order valence-electron chi connectivity index (χ0n) is 14.7. The standard InChI is InChI=1S/C17H17ClN6O2S2/c18-13-3-1-2-12(8-13)15-22-24(17(27)26-15)10-23-6-4-11(5-7-23)14(25)20-16-21-19-9-28-16/h1-3,8-9,11H,4-7,10H2,(H,20,21,25). The maximum atomic E-state index is 12.3. The Balaban J connectivity index is 1.35. The Hall–Kier alpha value is -2.14. The van der Waals surface area contributed by atoms with Crippen molar-refractivity contribution in [3.8, 4) is 11.5 Å². The van der Waals surface area contributed by atoms with Gasteiger partial charge in [-0.2, -0.15) is 0 Å². The highest BCUT2D eigenvalue weighted by Gasteiger charge is 2.26. The number of carbonyl (C=O) groups excluding carboxylic acids is 1. The van der Waals surface area contributed by atoms with E-state index < -0.39 is 0 Å². The van der Waals surface area contributed by atoms with Crippen molar-refractivity contribution in [3.05, 3.63) is 39.6 Å². The van der Waals surface area contributed by atoms with Crippen molar-refractivity contribution < 1.29 is 9.21 Å². The molecule has 1 amide bonds.